The quantitative estimate of drug-likeness (QED) is 0.767. The Kier molecular flexibility index (Phi) is 4.97. The number of sulfonamides is 2. The van der Waals surface area contributed by atoms with Crippen LogP contribution in [0.3, 0.4) is 0 Å². The fourth-order valence-corrected chi connectivity index (χ4v) is 4.75. The Morgan fingerprint density at radius 3 is 2.12 bits per heavy atom. The molecule has 2 aromatic rings. The highest BCUT2D eigenvalue weighted by molar-refractivity contribution is 7.90. The maximum atomic E-state index is 12.5. The van der Waals surface area contributed by atoms with Gasteiger partial charge >= 0.3 is 0 Å². The van der Waals surface area contributed by atoms with Crippen molar-refractivity contribution in [3.05, 3.63) is 59.7 Å². The van der Waals surface area contributed by atoms with Gasteiger partial charge in [-0.2, -0.15) is 0 Å². The zero-order valence-corrected chi connectivity index (χ0v) is 15.4. The predicted octanol–water partition coefficient (Wildman–Crippen LogP) is 1.91. The molecule has 0 bridgehead atoms. The Bertz CT molecular complexity index is 964. The van der Waals surface area contributed by atoms with Gasteiger partial charge < -0.3 is 0 Å². The van der Waals surface area contributed by atoms with Crippen molar-refractivity contribution in [2.24, 2.45) is 0 Å². The summed E-state index contributed by atoms with van der Waals surface area (Å²) in [5.41, 5.74) is 1.92. The van der Waals surface area contributed by atoms with Gasteiger partial charge in [0.05, 0.1) is 9.79 Å². The van der Waals surface area contributed by atoms with E-state index in [4.69, 9.17) is 0 Å². The van der Waals surface area contributed by atoms with E-state index >= 15 is 0 Å². The molecule has 0 atom stereocenters. The molecule has 1 fully saturated rings. The van der Waals surface area contributed by atoms with E-state index in [9.17, 15) is 16.8 Å². The van der Waals surface area contributed by atoms with Gasteiger partial charge in [0.2, 0.25) is 20.0 Å². The number of rotatable bonds is 7. The van der Waals surface area contributed by atoms with E-state index in [0.29, 0.717) is 0 Å². The monoisotopic (exact) mass is 380 g/mol. The first-order valence-corrected chi connectivity index (χ1v) is 10.9. The molecule has 0 unspecified atom stereocenters. The fourth-order valence-electron chi connectivity index (χ4n) is 2.26. The van der Waals surface area contributed by atoms with E-state index < -0.39 is 20.0 Å². The summed E-state index contributed by atoms with van der Waals surface area (Å²) in [5, 5.41) is 0. The lowest BCUT2D eigenvalue weighted by atomic mass is 10.2. The molecule has 0 spiro atoms. The second-order valence-corrected chi connectivity index (χ2v) is 9.66. The Hall–Kier alpha value is -1.74. The fraction of sp³-hybridized carbons (Fsp3) is 0.294. The van der Waals surface area contributed by atoms with Crippen molar-refractivity contribution >= 4 is 20.0 Å². The maximum absolute atomic E-state index is 12.5. The second-order valence-electron chi connectivity index (χ2n) is 6.18. The summed E-state index contributed by atoms with van der Waals surface area (Å²) in [5.74, 6) is 0. The number of nitrogens with one attached hydrogen (secondary N) is 2. The Morgan fingerprint density at radius 2 is 1.52 bits per heavy atom. The maximum Gasteiger partial charge on any atom is 0.240 e. The first-order chi connectivity index (χ1) is 11.8. The van der Waals surface area contributed by atoms with Crippen LogP contribution in [-0.4, -0.2) is 22.9 Å². The molecule has 0 radical (unpaired) electrons. The minimum atomic E-state index is -3.81. The van der Waals surface area contributed by atoms with Gasteiger partial charge in [-0.05, 0) is 43.5 Å². The van der Waals surface area contributed by atoms with Crippen LogP contribution >= 0.6 is 0 Å². The molecule has 8 heteroatoms. The highest BCUT2D eigenvalue weighted by Crippen LogP contribution is 2.23. The van der Waals surface area contributed by atoms with Crippen LogP contribution in [0.15, 0.2) is 58.3 Å². The third kappa shape index (κ3) is 4.66. The summed E-state index contributed by atoms with van der Waals surface area (Å²) in [6.45, 7) is 2.09. The highest BCUT2D eigenvalue weighted by Gasteiger charge is 2.28. The van der Waals surface area contributed by atoms with Gasteiger partial charge in [0, 0.05) is 12.6 Å². The van der Waals surface area contributed by atoms with Crippen molar-refractivity contribution in [3.63, 3.8) is 0 Å². The lowest BCUT2D eigenvalue weighted by Gasteiger charge is -2.10. The molecule has 1 saturated carbocycles. The normalized spacial score (nSPS) is 15.2. The standard InChI is InChI=1S/C17H20N2O4S2/c1-13-5-7-14(8-6-13)12-18-24(20,21)16-3-2-4-17(11-16)25(22,23)19-15-9-10-15/h2-8,11,15,18-19H,9-10,12H2,1H3. The van der Waals surface area contributed by atoms with Crippen LogP contribution in [0, 0.1) is 6.92 Å². The largest absolute Gasteiger partial charge is 0.240 e. The number of hydrogen-bond acceptors (Lipinski definition) is 4. The van der Waals surface area contributed by atoms with Gasteiger partial charge in [-0.15, -0.1) is 0 Å². The van der Waals surface area contributed by atoms with Gasteiger partial charge in [0.25, 0.3) is 0 Å². The first kappa shape index (κ1) is 18.1. The van der Waals surface area contributed by atoms with Gasteiger partial charge in [0.1, 0.15) is 0 Å². The summed E-state index contributed by atoms with van der Waals surface area (Å²) >= 11 is 0. The van der Waals surface area contributed by atoms with Crippen LogP contribution in [0.25, 0.3) is 0 Å². The molecular weight excluding hydrogens is 360 g/mol. The van der Waals surface area contributed by atoms with Gasteiger partial charge in [0.15, 0.2) is 0 Å². The number of benzene rings is 2. The minimum absolute atomic E-state index is 0.0371. The van der Waals surface area contributed by atoms with Crippen LogP contribution < -0.4 is 9.44 Å². The van der Waals surface area contributed by atoms with Crippen LogP contribution in [0.5, 0.6) is 0 Å². The SMILES string of the molecule is Cc1ccc(CNS(=O)(=O)c2cccc(S(=O)(=O)NC3CC3)c2)cc1. The molecule has 25 heavy (non-hydrogen) atoms. The first-order valence-electron chi connectivity index (χ1n) is 7.94. The molecule has 0 aromatic heterocycles. The van der Waals surface area contributed by atoms with E-state index in [-0.39, 0.29) is 22.4 Å². The molecule has 1 aliphatic rings. The predicted molar refractivity (Wildman–Crippen MR) is 95.0 cm³/mol. The average molecular weight is 380 g/mol. The molecule has 2 aromatic carbocycles. The van der Waals surface area contributed by atoms with Crippen molar-refractivity contribution in [3.8, 4) is 0 Å². The molecule has 2 N–H and O–H groups in total. The van der Waals surface area contributed by atoms with Gasteiger partial charge in [-0.25, -0.2) is 26.3 Å². The molecule has 0 aliphatic heterocycles. The molecule has 0 amide bonds. The molecule has 0 heterocycles. The van der Waals surface area contributed by atoms with Crippen molar-refractivity contribution in [1.29, 1.82) is 0 Å². The lowest BCUT2D eigenvalue weighted by Crippen LogP contribution is -2.27. The molecular formula is C17H20N2O4S2. The Labute approximate surface area is 148 Å². The summed E-state index contributed by atoms with van der Waals surface area (Å²) in [6.07, 6.45) is 1.63. The molecule has 3 rings (SSSR count). The lowest BCUT2D eigenvalue weighted by molar-refractivity contribution is 0.579. The number of hydrogen-bond donors (Lipinski definition) is 2. The summed E-state index contributed by atoms with van der Waals surface area (Å²) in [6, 6.07) is 12.9. The van der Waals surface area contributed by atoms with Crippen LogP contribution in [0.1, 0.15) is 24.0 Å². The van der Waals surface area contributed by atoms with Crippen molar-refractivity contribution in [2.45, 2.75) is 42.1 Å². The van der Waals surface area contributed by atoms with Crippen molar-refractivity contribution in [2.75, 3.05) is 0 Å². The van der Waals surface area contributed by atoms with E-state index in [2.05, 4.69) is 9.44 Å². The van der Waals surface area contributed by atoms with Crippen LogP contribution in [0.2, 0.25) is 0 Å². The second kappa shape index (κ2) is 6.87. The third-order valence-corrected chi connectivity index (χ3v) is 6.83. The van der Waals surface area contributed by atoms with Crippen LogP contribution in [0.4, 0.5) is 0 Å². The van der Waals surface area contributed by atoms with Gasteiger partial charge in [-0.3, -0.25) is 0 Å². The molecule has 134 valence electrons. The van der Waals surface area contributed by atoms with Gasteiger partial charge in [-0.1, -0.05) is 35.9 Å². The molecule has 0 saturated heterocycles. The Balaban J connectivity index is 1.77. The van der Waals surface area contributed by atoms with Crippen LogP contribution in [-0.2, 0) is 26.6 Å². The van der Waals surface area contributed by atoms with E-state index in [1.807, 2.05) is 31.2 Å². The molecule has 6 nitrogen and oxygen atoms in total. The average Bonchev–Trinajstić information content (AvgIpc) is 3.38. The topological polar surface area (TPSA) is 92.3 Å². The van der Waals surface area contributed by atoms with E-state index in [1.165, 1.54) is 24.3 Å². The zero-order valence-electron chi connectivity index (χ0n) is 13.8. The minimum Gasteiger partial charge on any atom is -0.208 e. The van der Waals surface area contributed by atoms with Crippen molar-refractivity contribution < 1.29 is 16.8 Å². The Morgan fingerprint density at radius 1 is 0.920 bits per heavy atom. The van der Waals surface area contributed by atoms with Crippen molar-refractivity contribution in [1.82, 2.24) is 9.44 Å². The molecule has 1 aliphatic carbocycles. The summed E-state index contributed by atoms with van der Waals surface area (Å²) in [7, 11) is -7.50. The zero-order chi connectivity index (χ0) is 18.1. The van der Waals surface area contributed by atoms with E-state index in [1.54, 1.807) is 0 Å². The number of aryl methyl sites for hydroxylation is 1. The third-order valence-electron chi connectivity index (χ3n) is 3.91. The highest BCUT2D eigenvalue weighted by atomic mass is 32.2. The van der Waals surface area contributed by atoms with E-state index in [0.717, 1.165) is 24.0 Å². The summed E-state index contributed by atoms with van der Waals surface area (Å²) < 4.78 is 54.5. The summed E-state index contributed by atoms with van der Waals surface area (Å²) in [4.78, 5) is -0.115. The smallest absolute Gasteiger partial charge is 0.208 e.